The Kier molecular flexibility index (Phi) is 5.74. The van der Waals surface area contributed by atoms with Crippen molar-refractivity contribution >= 4 is 5.97 Å². The maximum absolute atomic E-state index is 13.0. The van der Waals surface area contributed by atoms with Gasteiger partial charge < -0.3 is 9.47 Å². The Labute approximate surface area is 170 Å². The van der Waals surface area contributed by atoms with Gasteiger partial charge in [0.05, 0.1) is 5.92 Å². The van der Waals surface area contributed by atoms with E-state index in [4.69, 9.17) is 9.47 Å². The summed E-state index contributed by atoms with van der Waals surface area (Å²) >= 11 is 0. The second kappa shape index (κ2) is 8.08. The van der Waals surface area contributed by atoms with Crippen molar-refractivity contribution in [2.24, 2.45) is 17.3 Å². The van der Waals surface area contributed by atoms with Crippen LogP contribution in [0.3, 0.4) is 0 Å². The molecule has 0 saturated heterocycles. The minimum Gasteiger partial charge on any atom is -0.457 e. The number of ether oxygens (including phenoxy) is 2. The SMILES string of the molecule is CC(C)=CC1[C@@H](C(=O)O[C@H](C#N)c2cccc(Oc3ccc(F)cc3)c2)C1(C)C. The van der Waals surface area contributed by atoms with E-state index in [1.165, 1.54) is 24.3 Å². The zero-order valence-electron chi connectivity index (χ0n) is 17.0. The Morgan fingerprint density at radius 2 is 1.86 bits per heavy atom. The number of halogens is 1. The highest BCUT2D eigenvalue weighted by Gasteiger charge is 2.61. The summed E-state index contributed by atoms with van der Waals surface area (Å²) in [5, 5.41) is 9.56. The van der Waals surface area contributed by atoms with Crippen molar-refractivity contribution in [3.05, 3.63) is 71.6 Å². The van der Waals surface area contributed by atoms with Crippen molar-refractivity contribution in [1.29, 1.82) is 5.26 Å². The van der Waals surface area contributed by atoms with E-state index in [1.54, 1.807) is 24.3 Å². The van der Waals surface area contributed by atoms with E-state index in [1.807, 2.05) is 33.8 Å². The third-order valence-corrected chi connectivity index (χ3v) is 5.24. The Morgan fingerprint density at radius 3 is 2.48 bits per heavy atom. The number of allylic oxidation sites excluding steroid dienone is 2. The van der Waals surface area contributed by atoms with Gasteiger partial charge in [0.15, 0.2) is 0 Å². The first-order chi connectivity index (χ1) is 13.7. The number of hydrogen-bond acceptors (Lipinski definition) is 4. The van der Waals surface area contributed by atoms with Gasteiger partial charge >= 0.3 is 5.97 Å². The number of rotatable bonds is 6. The van der Waals surface area contributed by atoms with E-state index in [-0.39, 0.29) is 29.0 Å². The minimum atomic E-state index is -1.02. The summed E-state index contributed by atoms with van der Waals surface area (Å²) < 4.78 is 24.3. The summed E-state index contributed by atoms with van der Waals surface area (Å²) in [5.74, 6) is 0.0863. The summed E-state index contributed by atoms with van der Waals surface area (Å²) in [4.78, 5) is 12.7. The first-order valence-electron chi connectivity index (χ1n) is 9.51. The van der Waals surface area contributed by atoms with Gasteiger partial charge in [-0.05, 0) is 61.6 Å². The molecular formula is C24H24FNO3. The van der Waals surface area contributed by atoms with Crippen molar-refractivity contribution in [1.82, 2.24) is 0 Å². The highest BCUT2D eigenvalue weighted by molar-refractivity contribution is 5.78. The summed E-state index contributed by atoms with van der Waals surface area (Å²) in [6, 6.07) is 14.5. The molecule has 0 bridgehead atoms. The van der Waals surface area contributed by atoms with E-state index in [2.05, 4.69) is 6.08 Å². The Bertz CT molecular complexity index is 968. The van der Waals surface area contributed by atoms with Crippen LogP contribution >= 0.6 is 0 Å². The van der Waals surface area contributed by atoms with E-state index < -0.39 is 6.10 Å². The molecule has 29 heavy (non-hydrogen) atoms. The van der Waals surface area contributed by atoms with Crippen molar-refractivity contribution in [2.75, 3.05) is 0 Å². The van der Waals surface area contributed by atoms with Gasteiger partial charge in [0, 0.05) is 5.56 Å². The molecule has 0 amide bonds. The molecule has 1 unspecified atom stereocenters. The Hall–Kier alpha value is -3.13. The van der Waals surface area contributed by atoms with Crippen LogP contribution in [0.25, 0.3) is 0 Å². The number of carbonyl (C=O) groups is 1. The molecule has 150 valence electrons. The number of nitrogens with zero attached hydrogens (tertiary/aromatic N) is 1. The lowest BCUT2D eigenvalue weighted by atomic mass is 10.1. The molecule has 0 aliphatic heterocycles. The number of benzene rings is 2. The molecule has 3 atom stereocenters. The molecule has 0 radical (unpaired) electrons. The van der Waals surface area contributed by atoms with E-state index in [9.17, 15) is 14.4 Å². The van der Waals surface area contributed by atoms with Gasteiger partial charge in [-0.15, -0.1) is 0 Å². The Balaban J connectivity index is 1.72. The molecule has 3 rings (SSSR count). The second-order valence-corrected chi connectivity index (χ2v) is 8.14. The van der Waals surface area contributed by atoms with Gasteiger partial charge in [0.2, 0.25) is 6.10 Å². The highest BCUT2D eigenvalue weighted by atomic mass is 19.1. The van der Waals surface area contributed by atoms with Gasteiger partial charge in [-0.2, -0.15) is 5.26 Å². The van der Waals surface area contributed by atoms with Gasteiger partial charge in [-0.25, -0.2) is 4.39 Å². The number of nitriles is 1. The standard InChI is InChI=1S/C24H24FNO3/c1-15(2)12-20-22(24(20,3)4)23(27)29-21(14-26)16-6-5-7-19(13-16)28-18-10-8-17(25)9-11-18/h5-13,20-22H,1-4H3/t20?,21-,22+/m1/s1. The van der Waals surface area contributed by atoms with Crippen LogP contribution < -0.4 is 4.74 Å². The number of carbonyl (C=O) groups excluding carboxylic acids is 1. The zero-order valence-corrected chi connectivity index (χ0v) is 17.0. The monoisotopic (exact) mass is 393 g/mol. The molecule has 5 heteroatoms. The number of hydrogen-bond donors (Lipinski definition) is 0. The minimum absolute atomic E-state index is 0.118. The molecule has 0 N–H and O–H groups in total. The first kappa shape index (κ1) is 20.6. The average Bonchev–Trinajstić information content (AvgIpc) is 3.21. The average molecular weight is 393 g/mol. The summed E-state index contributed by atoms with van der Waals surface area (Å²) in [6.07, 6.45) is 1.06. The predicted octanol–water partition coefficient (Wildman–Crippen LogP) is 5.96. The molecule has 1 aliphatic carbocycles. The van der Waals surface area contributed by atoms with Crippen LogP contribution in [-0.2, 0) is 9.53 Å². The maximum atomic E-state index is 13.0. The third-order valence-electron chi connectivity index (χ3n) is 5.24. The molecule has 0 spiro atoms. The molecule has 2 aromatic rings. The molecule has 0 heterocycles. The lowest BCUT2D eigenvalue weighted by Gasteiger charge is -2.13. The van der Waals surface area contributed by atoms with Crippen molar-refractivity contribution < 1.29 is 18.7 Å². The van der Waals surface area contributed by atoms with Crippen LogP contribution in [-0.4, -0.2) is 5.97 Å². The topological polar surface area (TPSA) is 59.3 Å². The lowest BCUT2D eigenvalue weighted by molar-refractivity contribution is -0.149. The van der Waals surface area contributed by atoms with Crippen molar-refractivity contribution in [2.45, 2.75) is 33.8 Å². The maximum Gasteiger partial charge on any atom is 0.311 e. The zero-order chi connectivity index (χ0) is 21.2. The quantitative estimate of drug-likeness (QED) is 0.448. The summed E-state index contributed by atoms with van der Waals surface area (Å²) in [6.45, 7) is 8.06. The van der Waals surface area contributed by atoms with Crippen LogP contribution in [0.2, 0.25) is 0 Å². The fourth-order valence-electron chi connectivity index (χ4n) is 3.54. The lowest BCUT2D eigenvalue weighted by Crippen LogP contribution is -2.14. The smallest absolute Gasteiger partial charge is 0.311 e. The molecular weight excluding hydrogens is 369 g/mol. The van der Waals surface area contributed by atoms with Gasteiger partial charge in [-0.3, -0.25) is 4.79 Å². The van der Waals surface area contributed by atoms with Crippen LogP contribution in [0, 0.1) is 34.4 Å². The fourth-order valence-corrected chi connectivity index (χ4v) is 3.54. The Morgan fingerprint density at radius 1 is 1.17 bits per heavy atom. The van der Waals surface area contributed by atoms with Gasteiger partial charge in [-0.1, -0.05) is 37.6 Å². The third kappa shape index (κ3) is 4.65. The van der Waals surface area contributed by atoms with Crippen molar-refractivity contribution in [3.8, 4) is 17.6 Å². The molecule has 0 aromatic heterocycles. The van der Waals surface area contributed by atoms with E-state index in [0.29, 0.717) is 17.1 Å². The molecule has 1 fully saturated rings. The van der Waals surface area contributed by atoms with Crippen molar-refractivity contribution in [3.63, 3.8) is 0 Å². The van der Waals surface area contributed by atoms with Crippen LogP contribution in [0.1, 0.15) is 39.4 Å². The fraction of sp³-hybridized carbons (Fsp3) is 0.333. The molecule has 2 aromatic carbocycles. The van der Waals surface area contributed by atoms with Gasteiger partial charge in [0.1, 0.15) is 23.4 Å². The van der Waals surface area contributed by atoms with E-state index >= 15 is 0 Å². The summed E-state index contributed by atoms with van der Waals surface area (Å²) in [7, 11) is 0. The number of esters is 1. The van der Waals surface area contributed by atoms with E-state index in [0.717, 1.165) is 5.57 Å². The molecule has 4 nitrogen and oxygen atoms in total. The van der Waals surface area contributed by atoms with Gasteiger partial charge in [0.25, 0.3) is 0 Å². The van der Waals surface area contributed by atoms with Crippen LogP contribution in [0.15, 0.2) is 60.2 Å². The van der Waals surface area contributed by atoms with Crippen LogP contribution in [0.4, 0.5) is 4.39 Å². The first-order valence-corrected chi connectivity index (χ1v) is 9.51. The van der Waals surface area contributed by atoms with Crippen LogP contribution in [0.5, 0.6) is 11.5 Å². The predicted molar refractivity (Wildman–Crippen MR) is 108 cm³/mol. The summed E-state index contributed by atoms with van der Waals surface area (Å²) in [5.41, 5.74) is 1.50. The molecule has 1 saturated carbocycles. The second-order valence-electron chi connectivity index (χ2n) is 8.14. The largest absolute Gasteiger partial charge is 0.457 e. The normalized spacial score (nSPS) is 20.1. The molecule has 1 aliphatic rings. The highest BCUT2D eigenvalue weighted by Crippen LogP contribution is 2.60.